The highest BCUT2D eigenvalue weighted by Gasteiger charge is 2.76. The van der Waals surface area contributed by atoms with E-state index in [2.05, 4.69) is 6.92 Å². The molecule has 1 spiro atoms. The van der Waals surface area contributed by atoms with Gasteiger partial charge in [0.2, 0.25) is 0 Å². The van der Waals surface area contributed by atoms with Crippen molar-refractivity contribution < 1.29 is 0 Å². The molecule has 0 aliphatic heterocycles. The lowest BCUT2D eigenvalue weighted by Gasteiger charge is -2.57. The van der Waals surface area contributed by atoms with Crippen LogP contribution in [0.1, 0.15) is 45.4 Å². The minimum absolute atomic E-state index is 0.276. The van der Waals surface area contributed by atoms with Gasteiger partial charge in [-0.3, -0.25) is 0 Å². The second-order valence-corrected chi connectivity index (χ2v) is 7.57. The van der Waals surface area contributed by atoms with Crippen LogP contribution in [0.5, 0.6) is 0 Å². The molecular formula is C13H19NS. The van der Waals surface area contributed by atoms with E-state index in [9.17, 15) is 0 Å². The first kappa shape index (κ1) is 8.98. The predicted octanol–water partition coefficient (Wildman–Crippen LogP) is 2.88. The van der Waals surface area contributed by atoms with Gasteiger partial charge < -0.3 is 5.73 Å². The van der Waals surface area contributed by atoms with Crippen LogP contribution in [0.25, 0.3) is 0 Å². The Kier molecular flexibility index (Phi) is 1.28. The van der Waals surface area contributed by atoms with Crippen LogP contribution in [0.4, 0.5) is 0 Å². The summed E-state index contributed by atoms with van der Waals surface area (Å²) in [6, 6.07) is 0. The fraction of sp³-hybridized carbons (Fsp3) is 0.923. The van der Waals surface area contributed by atoms with Gasteiger partial charge in [0.1, 0.15) is 0 Å². The van der Waals surface area contributed by atoms with Crippen LogP contribution in [0.2, 0.25) is 0 Å². The van der Waals surface area contributed by atoms with E-state index in [0.29, 0.717) is 10.8 Å². The molecule has 4 fully saturated rings. The van der Waals surface area contributed by atoms with Crippen molar-refractivity contribution in [1.82, 2.24) is 0 Å². The third kappa shape index (κ3) is 0.729. The second-order valence-electron chi connectivity index (χ2n) is 7.13. The zero-order chi connectivity index (χ0) is 10.5. The Hall–Kier alpha value is -0.110. The van der Waals surface area contributed by atoms with Crippen molar-refractivity contribution >= 4 is 17.2 Å². The van der Waals surface area contributed by atoms with E-state index in [1.807, 2.05) is 0 Å². The standard InChI is InChI=1S/C13H19NS/c1-11-5-9-2-8-3-12(6-11,10(14)15)7-13(9,11)4-8/h8-9H,2-7H2,1H3,(H2,14,15). The molecule has 1 nitrogen and oxygen atoms in total. The summed E-state index contributed by atoms with van der Waals surface area (Å²) in [5.41, 5.74) is 7.62. The topological polar surface area (TPSA) is 26.0 Å². The first-order valence-corrected chi connectivity index (χ1v) is 6.71. The van der Waals surface area contributed by atoms with Crippen LogP contribution in [0.15, 0.2) is 0 Å². The summed E-state index contributed by atoms with van der Waals surface area (Å²) in [7, 11) is 0. The largest absolute Gasteiger partial charge is 0.393 e. The van der Waals surface area contributed by atoms with E-state index in [4.69, 9.17) is 18.0 Å². The van der Waals surface area contributed by atoms with Gasteiger partial charge in [-0.1, -0.05) is 19.1 Å². The number of hydrogen-bond acceptors (Lipinski definition) is 1. The lowest BCUT2D eigenvalue weighted by Crippen LogP contribution is -2.50. The van der Waals surface area contributed by atoms with Crippen molar-refractivity contribution in [2.45, 2.75) is 45.4 Å². The molecule has 4 aliphatic rings. The van der Waals surface area contributed by atoms with Gasteiger partial charge in [-0.15, -0.1) is 0 Å². The van der Waals surface area contributed by atoms with Gasteiger partial charge in [-0.2, -0.15) is 0 Å². The van der Waals surface area contributed by atoms with Gasteiger partial charge in [0.25, 0.3) is 0 Å². The van der Waals surface area contributed by atoms with E-state index < -0.39 is 0 Å². The molecule has 0 aromatic carbocycles. The van der Waals surface area contributed by atoms with Gasteiger partial charge in [0.05, 0.1) is 4.99 Å². The minimum atomic E-state index is 0.276. The van der Waals surface area contributed by atoms with Crippen molar-refractivity contribution in [3.05, 3.63) is 0 Å². The van der Waals surface area contributed by atoms with Crippen LogP contribution in [0, 0.1) is 28.1 Å². The Bertz CT molecular complexity index is 379. The Morgan fingerprint density at radius 2 is 2.07 bits per heavy atom. The first-order valence-electron chi connectivity index (χ1n) is 6.30. The molecule has 2 heteroatoms. The monoisotopic (exact) mass is 221 g/mol. The first-order chi connectivity index (χ1) is 7.00. The highest BCUT2D eigenvalue weighted by molar-refractivity contribution is 7.80. The second kappa shape index (κ2) is 2.13. The van der Waals surface area contributed by atoms with Crippen molar-refractivity contribution in [2.24, 2.45) is 33.8 Å². The van der Waals surface area contributed by atoms with Crippen molar-refractivity contribution in [3.8, 4) is 0 Å². The Morgan fingerprint density at radius 3 is 2.80 bits per heavy atom. The van der Waals surface area contributed by atoms with Crippen LogP contribution in [0.3, 0.4) is 0 Å². The van der Waals surface area contributed by atoms with Crippen molar-refractivity contribution in [1.29, 1.82) is 0 Å². The fourth-order valence-corrected chi connectivity index (χ4v) is 6.47. The summed E-state index contributed by atoms with van der Waals surface area (Å²) in [5, 5.41) is 0. The summed E-state index contributed by atoms with van der Waals surface area (Å²) in [5.74, 6) is 1.99. The fourth-order valence-electron chi connectivity index (χ4n) is 6.25. The predicted molar refractivity (Wildman–Crippen MR) is 64.4 cm³/mol. The van der Waals surface area contributed by atoms with Crippen molar-refractivity contribution in [2.75, 3.05) is 0 Å². The molecule has 0 amide bonds. The Balaban J connectivity index is 1.88. The molecule has 82 valence electrons. The highest BCUT2D eigenvalue weighted by Crippen LogP contribution is 2.83. The summed E-state index contributed by atoms with van der Waals surface area (Å²) < 4.78 is 0. The molecule has 4 aliphatic carbocycles. The van der Waals surface area contributed by atoms with E-state index in [1.165, 1.54) is 38.5 Å². The lowest BCUT2D eigenvalue weighted by molar-refractivity contribution is -0.0854. The summed E-state index contributed by atoms with van der Waals surface area (Å²) in [4.78, 5) is 0.836. The van der Waals surface area contributed by atoms with Crippen LogP contribution in [-0.2, 0) is 0 Å². The third-order valence-electron chi connectivity index (χ3n) is 6.54. The Labute approximate surface area is 96.8 Å². The molecule has 4 rings (SSSR count). The molecule has 2 N–H and O–H groups in total. The zero-order valence-electron chi connectivity index (χ0n) is 9.38. The van der Waals surface area contributed by atoms with E-state index in [0.717, 1.165) is 16.8 Å². The zero-order valence-corrected chi connectivity index (χ0v) is 10.2. The van der Waals surface area contributed by atoms with Gasteiger partial charge in [0.15, 0.2) is 0 Å². The van der Waals surface area contributed by atoms with E-state index in [-0.39, 0.29) is 5.41 Å². The van der Waals surface area contributed by atoms with E-state index >= 15 is 0 Å². The molecule has 4 saturated carbocycles. The molecule has 5 unspecified atom stereocenters. The van der Waals surface area contributed by atoms with Gasteiger partial charge in [0, 0.05) is 5.41 Å². The van der Waals surface area contributed by atoms with Crippen molar-refractivity contribution in [3.63, 3.8) is 0 Å². The maximum absolute atomic E-state index is 6.06. The van der Waals surface area contributed by atoms with Crippen LogP contribution >= 0.6 is 12.2 Å². The number of hydrogen-bond donors (Lipinski definition) is 1. The highest BCUT2D eigenvalue weighted by atomic mass is 32.1. The molecule has 0 radical (unpaired) electrons. The van der Waals surface area contributed by atoms with Gasteiger partial charge >= 0.3 is 0 Å². The number of rotatable bonds is 1. The number of nitrogens with two attached hydrogens (primary N) is 1. The van der Waals surface area contributed by atoms with Crippen LogP contribution < -0.4 is 5.73 Å². The molecule has 0 aromatic heterocycles. The molecule has 15 heavy (non-hydrogen) atoms. The smallest absolute Gasteiger partial charge is 0.0790 e. The summed E-state index contributed by atoms with van der Waals surface area (Å²) >= 11 is 5.38. The van der Waals surface area contributed by atoms with Gasteiger partial charge in [-0.25, -0.2) is 0 Å². The quantitative estimate of drug-likeness (QED) is 0.689. The number of fused-ring (bicyclic) bond motifs is 2. The Morgan fingerprint density at radius 1 is 1.27 bits per heavy atom. The van der Waals surface area contributed by atoms with E-state index in [1.54, 1.807) is 0 Å². The average Bonchev–Trinajstić information content (AvgIpc) is 2.43. The summed E-state index contributed by atoms with van der Waals surface area (Å²) in [6.07, 6.45) is 8.41. The molecule has 5 atom stereocenters. The van der Waals surface area contributed by atoms with Crippen LogP contribution in [-0.4, -0.2) is 4.99 Å². The molecule has 3 bridgehead atoms. The molecular weight excluding hydrogens is 202 g/mol. The lowest BCUT2D eigenvalue weighted by atomic mass is 9.47. The normalized spacial score (nSPS) is 64.1. The average molecular weight is 221 g/mol. The maximum Gasteiger partial charge on any atom is 0.0790 e. The third-order valence-corrected chi connectivity index (χ3v) is 6.97. The SMILES string of the molecule is CC12CC3CC4CC(C(N)=S)(C1)CC32C4. The van der Waals surface area contributed by atoms with Gasteiger partial charge in [-0.05, 0) is 61.2 Å². The molecule has 0 saturated heterocycles. The maximum atomic E-state index is 6.06. The minimum Gasteiger partial charge on any atom is -0.393 e. The number of thiocarbonyl (C=S) groups is 1. The molecule has 0 heterocycles. The molecule has 0 aromatic rings. The summed E-state index contributed by atoms with van der Waals surface area (Å²) in [6.45, 7) is 2.51.